The van der Waals surface area contributed by atoms with E-state index in [-0.39, 0.29) is 30.0 Å². The Hall–Kier alpha value is -1.44. The maximum atomic E-state index is 12.5. The zero-order chi connectivity index (χ0) is 19.8. The van der Waals surface area contributed by atoms with E-state index in [1.165, 1.54) is 0 Å². The molecule has 0 amide bonds. The van der Waals surface area contributed by atoms with Crippen LogP contribution in [0, 0.1) is 5.92 Å². The van der Waals surface area contributed by atoms with Crippen molar-refractivity contribution in [1.29, 1.82) is 0 Å². The van der Waals surface area contributed by atoms with Crippen LogP contribution in [0.25, 0.3) is 0 Å². The number of hydrogen-bond acceptors (Lipinski definition) is 7. The molecule has 0 aromatic rings. The summed E-state index contributed by atoms with van der Waals surface area (Å²) in [5, 5.41) is 11.3. The smallest absolute Gasteiger partial charge is 0.336 e. The SMILES string of the molecule is CCC(C)C(=O)O[C@@H]1C2=C(C)C(=O)O[C@@]2(O)C[C@]2(C)O[C@@H]2CC[C@@]2(C)O[C@@H]12. The number of fused-ring (bicyclic) bond motifs is 3. The molecule has 27 heavy (non-hydrogen) atoms. The molecule has 1 aliphatic carbocycles. The molecule has 0 aromatic carbocycles. The van der Waals surface area contributed by atoms with Crippen LogP contribution < -0.4 is 0 Å². The van der Waals surface area contributed by atoms with Crippen molar-refractivity contribution in [3.8, 4) is 0 Å². The summed E-state index contributed by atoms with van der Waals surface area (Å²) in [6.07, 6.45) is 1.01. The van der Waals surface area contributed by atoms with E-state index in [1.54, 1.807) is 13.8 Å². The predicted molar refractivity (Wildman–Crippen MR) is 93.5 cm³/mol. The first-order chi connectivity index (χ1) is 12.5. The van der Waals surface area contributed by atoms with Crippen molar-refractivity contribution in [3.05, 3.63) is 11.1 Å². The van der Waals surface area contributed by atoms with Crippen LogP contribution in [-0.4, -0.2) is 52.3 Å². The molecule has 4 aliphatic rings. The zero-order valence-electron chi connectivity index (χ0n) is 16.5. The number of aliphatic hydroxyl groups is 1. The minimum Gasteiger partial charge on any atom is -0.454 e. The molecular formula is C20H28O7. The third-order valence-corrected chi connectivity index (χ3v) is 6.68. The van der Waals surface area contributed by atoms with Gasteiger partial charge in [0.2, 0.25) is 5.79 Å². The van der Waals surface area contributed by atoms with E-state index in [0.29, 0.717) is 12.0 Å². The molecule has 4 rings (SSSR count). The summed E-state index contributed by atoms with van der Waals surface area (Å²) >= 11 is 0. The maximum absolute atomic E-state index is 12.5. The topological polar surface area (TPSA) is 97.9 Å². The van der Waals surface area contributed by atoms with Crippen LogP contribution in [0.1, 0.15) is 60.3 Å². The van der Waals surface area contributed by atoms with Gasteiger partial charge in [-0.25, -0.2) is 4.79 Å². The van der Waals surface area contributed by atoms with Crippen LogP contribution in [0.15, 0.2) is 11.1 Å². The van der Waals surface area contributed by atoms with Crippen LogP contribution in [0.2, 0.25) is 0 Å². The normalized spacial score (nSPS) is 46.6. The van der Waals surface area contributed by atoms with Gasteiger partial charge in [0.1, 0.15) is 6.10 Å². The van der Waals surface area contributed by atoms with E-state index in [1.807, 2.05) is 20.8 Å². The maximum Gasteiger partial charge on any atom is 0.336 e. The summed E-state index contributed by atoms with van der Waals surface area (Å²) in [5.74, 6) is -3.10. The number of rotatable bonds is 3. The quantitative estimate of drug-likeness (QED) is 0.591. The largest absolute Gasteiger partial charge is 0.454 e. The van der Waals surface area contributed by atoms with Gasteiger partial charge < -0.3 is 24.1 Å². The van der Waals surface area contributed by atoms with E-state index in [2.05, 4.69) is 0 Å². The first kappa shape index (κ1) is 18.9. The second kappa shape index (κ2) is 5.78. The minimum atomic E-state index is -1.85. The molecule has 2 saturated heterocycles. The van der Waals surface area contributed by atoms with Gasteiger partial charge in [-0.2, -0.15) is 0 Å². The summed E-state index contributed by atoms with van der Waals surface area (Å²) in [5.41, 5.74) is -0.479. The van der Waals surface area contributed by atoms with Gasteiger partial charge in [-0.1, -0.05) is 13.8 Å². The van der Waals surface area contributed by atoms with Gasteiger partial charge in [0.15, 0.2) is 6.10 Å². The Kier molecular flexibility index (Phi) is 4.05. The molecule has 7 atom stereocenters. The third-order valence-electron chi connectivity index (χ3n) is 6.68. The Bertz CT molecular complexity index is 730. The average molecular weight is 380 g/mol. The average Bonchev–Trinajstić information content (AvgIpc) is 3.42. The predicted octanol–water partition coefficient (Wildman–Crippen LogP) is 2.01. The highest BCUT2D eigenvalue weighted by Crippen LogP contribution is 2.56. The van der Waals surface area contributed by atoms with E-state index in [9.17, 15) is 14.7 Å². The molecule has 3 fully saturated rings. The molecule has 1 saturated carbocycles. The molecule has 1 N–H and O–H groups in total. The summed E-state index contributed by atoms with van der Waals surface area (Å²) in [6, 6.07) is 0. The van der Waals surface area contributed by atoms with Crippen LogP contribution in [0.5, 0.6) is 0 Å². The summed E-state index contributed by atoms with van der Waals surface area (Å²) in [4.78, 5) is 24.9. The molecule has 3 heterocycles. The number of hydrogen-bond donors (Lipinski definition) is 1. The highest BCUT2D eigenvalue weighted by molar-refractivity contribution is 5.92. The molecule has 7 heteroatoms. The molecule has 1 unspecified atom stereocenters. The lowest BCUT2D eigenvalue weighted by Crippen LogP contribution is -2.45. The van der Waals surface area contributed by atoms with Crippen LogP contribution in [-0.2, 0) is 28.5 Å². The van der Waals surface area contributed by atoms with E-state index >= 15 is 0 Å². The Labute approximate surface area is 159 Å². The number of carbonyl (C=O) groups is 2. The molecule has 0 bridgehead atoms. The fourth-order valence-electron chi connectivity index (χ4n) is 4.48. The molecule has 0 aromatic heterocycles. The van der Waals surface area contributed by atoms with Crippen molar-refractivity contribution in [1.82, 2.24) is 0 Å². The van der Waals surface area contributed by atoms with E-state index in [4.69, 9.17) is 18.9 Å². The summed E-state index contributed by atoms with van der Waals surface area (Å²) < 4.78 is 23.0. The van der Waals surface area contributed by atoms with Crippen molar-refractivity contribution < 1.29 is 33.6 Å². The molecule has 0 radical (unpaired) electrons. The number of carbonyl (C=O) groups excluding carboxylic acids is 2. The van der Waals surface area contributed by atoms with Gasteiger partial charge in [0.25, 0.3) is 0 Å². The lowest BCUT2D eigenvalue weighted by molar-refractivity contribution is -0.192. The fraction of sp³-hybridized carbons (Fsp3) is 0.800. The van der Waals surface area contributed by atoms with Crippen LogP contribution in [0.4, 0.5) is 0 Å². The highest BCUT2D eigenvalue weighted by atomic mass is 16.7. The Morgan fingerprint density at radius 3 is 2.70 bits per heavy atom. The molecule has 150 valence electrons. The lowest BCUT2D eigenvalue weighted by Gasteiger charge is -2.32. The number of esters is 2. The first-order valence-electron chi connectivity index (χ1n) is 9.76. The van der Waals surface area contributed by atoms with Gasteiger partial charge in [-0.05, 0) is 40.0 Å². The van der Waals surface area contributed by atoms with Gasteiger partial charge in [0.05, 0.1) is 28.8 Å². The Morgan fingerprint density at radius 1 is 1.33 bits per heavy atom. The lowest BCUT2D eigenvalue weighted by atomic mass is 9.82. The highest BCUT2D eigenvalue weighted by Gasteiger charge is 2.68. The van der Waals surface area contributed by atoms with Gasteiger partial charge in [0, 0.05) is 12.0 Å². The van der Waals surface area contributed by atoms with Crippen molar-refractivity contribution in [2.24, 2.45) is 5.92 Å². The van der Waals surface area contributed by atoms with Crippen molar-refractivity contribution in [2.45, 2.75) is 95.6 Å². The third kappa shape index (κ3) is 2.91. The standard InChI is InChI=1S/C20H28O7/c1-6-10(2)16(21)24-14-13-11(3)17(22)27-20(13,23)9-19(5)12(25-19)7-8-18(4)15(14)26-18/h10,12,14-15,23H,6-9H2,1-5H3/t10?,12-,14-,15+,18-,19+,20+/m1/s1. The molecular weight excluding hydrogens is 352 g/mol. The second-order valence-electron chi connectivity index (χ2n) is 8.87. The summed E-state index contributed by atoms with van der Waals surface area (Å²) in [7, 11) is 0. The van der Waals surface area contributed by atoms with E-state index < -0.39 is 35.2 Å². The van der Waals surface area contributed by atoms with Crippen LogP contribution >= 0.6 is 0 Å². The van der Waals surface area contributed by atoms with Gasteiger partial charge in [-0.15, -0.1) is 0 Å². The number of epoxide rings is 2. The van der Waals surface area contributed by atoms with Crippen molar-refractivity contribution in [2.75, 3.05) is 0 Å². The van der Waals surface area contributed by atoms with Crippen LogP contribution in [0.3, 0.4) is 0 Å². The zero-order valence-corrected chi connectivity index (χ0v) is 16.5. The van der Waals surface area contributed by atoms with Gasteiger partial charge >= 0.3 is 11.9 Å². The molecule has 7 nitrogen and oxygen atoms in total. The summed E-state index contributed by atoms with van der Waals surface area (Å²) in [6.45, 7) is 9.17. The molecule has 3 aliphatic heterocycles. The number of ether oxygens (including phenoxy) is 4. The second-order valence-corrected chi connectivity index (χ2v) is 8.87. The molecule has 0 spiro atoms. The van der Waals surface area contributed by atoms with Crippen molar-refractivity contribution in [3.63, 3.8) is 0 Å². The minimum absolute atomic E-state index is 0.0109. The van der Waals surface area contributed by atoms with E-state index in [0.717, 1.165) is 12.8 Å². The Morgan fingerprint density at radius 2 is 2.04 bits per heavy atom. The monoisotopic (exact) mass is 380 g/mol. The van der Waals surface area contributed by atoms with Crippen molar-refractivity contribution >= 4 is 11.9 Å². The Balaban J connectivity index is 1.74. The first-order valence-corrected chi connectivity index (χ1v) is 9.76. The fourth-order valence-corrected chi connectivity index (χ4v) is 4.48. The van der Waals surface area contributed by atoms with Gasteiger partial charge in [-0.3, -0.25) is 4.79 Å².